The molecule has 3 aromatic rings. The topological polar surface area (TPSA) is 8.17 Å². The van der Waals surface area contributed by atoms with Crippen molar-refractivity contribution in [2.45, 2.75) is 37.8 Å². The Kier molecular flexibility index (Phi) is 2.41. The zero-order chi connectivity index (χ0) is 15.8. The number of anilines is 1. The Morgan fingerprint density at radius 3 is 2.61 bits per heavy atom. The fourth-order valence-corrected chi connectivity index (χ4v) is 5.21. The third-order valence-corrected chi connectivity index (χ3v) is 6.25. The van der Waals surface area contributed by atoms with E-state index in [-0.39, 0.29) is 5.54 Å². The number of rotatable bonds is 1. The van der Waals surface area contributed by atoms with Gasteiger partial charge in [0, 0.05) is 29.9 Å². The van der Waals surface area contributed by atoms with Gasteiger partial charge in [-0.3, -0.25) is 0 Å². The zero-order valence-corrected chi connectivity index (χ0v) is 14.0. The highest BCUT2D eigenvalue weighted by molar-refractivity contribution is 5.86. The number of para-hydroxylation sites is 1. The van der Waals surface area contributed by atoms with Gasteiger partial charge in [-0.05, 0) is 43.5 Å². The van der Waals surface area contributed by atoms with Crippen LogP contribution in [0, 0.1) is 0 Å². The number of hydrogen-bond donors (Lipinski definition) is 0. The smallest absolute Gasteiger partial charge is 0.110 e. The van der Waals surface area contributed by atoms with Crippen LogP contribution in [0.2, 0.25) is 0 Å². The van der Waals surface area contributed by atoms with E-state index in [1.807, 2.05) is 0 Å². The van der Waals surface area contributed by atoms with Gasteiger partial charge in [0.15, 0.2) is 0 Å². The van der Waals surface area contributed by atoms with Crippen LogP contribution in [-0.2, 0) is 12.6 Å². The Morgan fingerprint density at radius 1 is 1.04 bits per heavy atom. The summed E-state index contributed by atoms with van der Waals surface area (Å²) in [7, 11) is 2.20. The molecule has 2 aliphatic rings. The van der Waals surface area contributed by atoms with Crippen molar-refractivity contribution in [1.29, 1.82) is 0 Å². The summed E-state index contributed by atoms with van der Waals surface area (Å²) in [5.74, 6) is 1.99. The van der Waals surface area contributed by atoms with Gasteiger partial charge in [0.2, 0.25) is 0 Å². The van der Waals surface area contributed by atoms with Gasteiger partial charge in [0.25, 0.3) is 0 Å². The molecule has 0 saturated carbocycles. The number of aromatic nitrogens is 1. The summed E-state index contributed by atoms with van der Waals surface area (Å²) in [6.07, 6.45) is 1.23. The van der Waals surface area contributed by atoms with Gasteiger partial charge in [-0.25, -0.2) is 0 Å². The molecule has 1 aliphatic heterocycles. The van der Waals surface area contributed by atoms with Crippen molar-refractivity contribution in [3.63, 3.8) is 0 Å². The Hall–Kier alpha value is -2.22. The van der Waals surface area contributed by atoms with Gasteiger partial charge in [0.05, 0.1) is 5.54 Å². The molecule has 2 aromatic carbocycles. The van der Waals surface area contributed by atoms with E-state index in [1.54, 1.807) is 5.56 Å². The molecule has 5 rings (SSSR count). The Balaban J connectivity index is 1.74. The molecule has 3 unspecified atom stereocenters. The van der Waals surface area contributed by atoms with Crippen molar-refractivity contribution in [3.8, 4) is 0 Å². The van der Waals surface area contributed by atoms with Crippen molar-refractivity contribution >= 4 is 16.7 Å². The Labute approximate surface area is 137 Å². The lowest BCUT2D eigenvalue weighted by Gasteiger charge is -2.43. The van der Waals surface area contributed by atoms with Crippen LogP contribution in [0.5, 0.6) is 0 Å². The third-order valence-electron chi connectivity index (χ3n) is 6.25. The van der Waals surface area contributed by atoms with Crippen LogP contribution in [0.25, 0.3) is 10.9 Å². The van der Waals surface area contributed by atoms with Gasteiger partial charge in [-0.1, -0.05) is 42.5 Å². The fraction of sp³-hybridized carbons (Fsp3) is 0.333. The number of nitrogens with zero attached hydrogens (tertiary/aromatic N) is 2. The summed E-state index contributed by atoms with van der Waals surface area (Å²) in [4.78, 5) is 2.67. The van der Waals surface area contributed by atoms with Crippen molar-refractivity contribution in [2.75, 3.05) is 4.90 Å². The van der Waals surface area contributed by atoms with E-state index in [4.69, 9.17) is 0 Å². The summed E-state index contributed by atoms with van der Waals surface area (Å²) in [6.45, 7) is 4.82. The van der Waals surface area contributed by atoms with Crippen LogP contribution in [0.4, 0.5) is 5.82 Å². The lowest BCUT2D eigenvalue weighted by molar-refractivity contribution is 0.480. The summed E-state index contributed by atoms with van der Waals surface area (Å²) < 4.78 is 2.36. The minimum Gasteiger partial charge on any atom is -0.345 e. The molecule has 3 atom stereocenters. The van der Waals surface area contributed by atoms with Gasteiger partial charge in [-0.2, -0.15) is 0 Å². The minimum atomic E-state index is 0.114. The lowest BCUT2D eigenvalue weighted by Crippen LogP contribution is -2.46. The first-order valence-corrected chi connectivity index (χ1v) is 8.54. The average molecular weight is 302 g/mol. The largest absolute Gasteiger partial charge is 0.345 e. The normalized spacial score (nSPS) is 28.6. The zero-order valence-electron chi connectivity index (χ0n) is 14.0. The van der Waals surface area contributed by atoms with E-state index >= 15 is 0 Å². The SMILES string of the molecule is CC1C2CC(C)(c3ccccc32)N1c1cc2ccccc2n1C. The van der Waals surface area contributed by atoms with E-state index in [1.165, 1.54) is 28.7 Å². The molecular weight excluding hydrogens is 280 g/mol. The second-order valence-electron chi connectivity index (χ2n) is 7.40. The van der Waals surface area contributed by atoms with E-state index < -0.39 is 0 Å². The predicted molar refractivity (Wildman–Crippen MR) is 96.0 cm³/mol. The van der Waals surface area contributed by atoms with Gasteiger partial charge in [-0.15, -0.1) is 0 Å². The molecule has 1 fully saturated rings. The first kappa shape index (κ1) is 13.2. The number of aryl methyl sites for hydroxylation is 1. The predicted octanol–water partition coefficient (Wildman–Crippen LogP) is 4.79. The number of hydrogen-bond acceptors (Lipinski definition) is 1. The highest BCUT2D eigenvalue weighted by atomic mass is 15.3. The maximum atomic E-state index is 2.67. The first-order valence-electron chi connectivity index (χ1n) is 8.54. The van der Waals surface area contributed by atoms with Crippen molar-refractivity contribution in [2.24, 2.45) is 7.05 Å². The third kappa shape index (κ3) is 1.49. The summed E-state index contributed by atoms with van der Waals surface area (Å²) >= 11 is 0. The van der Waals surface area contributed by atoms with Crippen LogP contribution in [0.15, 0.2) is 54.6 Å². The second-order valence-corrected chi connectivity index (χ2v) is 7.40. The maximum Gasteiger partial charge on any atom is 0.110 e. The fourth-order valence-electron chi connectivity index (χ4n) is 5.21. The van der Waals surface area contributed by atoms with Crippen LogP contribution in [0.3, 0.4) is 0 Å². The summed E-state index contributed by atoms with van der Waals surface area (Å²) in [5.41, 5.74) is 4.52. The number of fused-ring (bicyclic) bond motifs is 6. The monoisotopic (exact) mass is 302 g/mol. The molecule has 0 N–H and O–H groups in total. The Morgan fingerprint density at radius 2 is 1.78 bits per heavy atom. The van der Waals surface area contributed by atoms with Crippen molar-refractivity contribution < 1.29 is 0 Å². The van der Waals surface area contributed by atoms with E-state index in [0.717, 1.165) is 0 Å². The first-order chi connectivity index (χ1) is 11.1. The molecular formula is C21H22N2. The van der Waals surface area contributed by atoms with E-state index in [0.29, 0.717) is 12.0 Å². The molecule has 0 amide bonds. The molecule has 0 radical (unpaired) electrons. The quantitative estimate of drug-likeness (QED) is 0.627. The minimum absolute atomic E-state index is 0.114. The molecule has 1 aromatic heterocycles. The van der Waals surface area contributed by atoms with E-state index in [9.17, 15) is 0 Å². The molecule has 1 saturated heterocycles. The molecule has 23 heavy (non-hydrogen) atoms. The molecule has 2 heteroatoms. The van der Waals surface area contributed by atoms with Gasteiger partial charge >= 0.3 is 0 Å². The van der Waals surface area contributed by atoms with E-state index in [2.05, 4.69) is 85.0 Å². The Bertz CT molecular complexity index is 922. The van der Waals surface area contributed by atoms with Gasteiger partial charge in [0.1, 0.15) is 5.82 Å². The van der Waals surface area contributed by atoms with Crippen LogP contribution in [0.1, 0.15) is 37.3 Å². The van der Waals surface area contributed by atoms with Crippen LogP contribution >= 0.6 is 0 Å². The van der Waals surface area contributed by atoms with Crippen molar-refractivity contribution in [1.82, 2.24) is 4.57 Å². The van der Waals surface area contributed by atoms with Crippen molar-refractivity contribution in [3.05, 3.63) is 65.7 Å². The standard InChI is InChI=1S/C21H22N2/c1-14-17-13-21(2,18-10-6-5-9-16(17)18)23(14)20-12-15-8-4-7-11-19(15)22(20)3/h4-12,14,17H,13H2,1-3H3. The molecule has 116 valence electrons. The molecule has 2 heterocycles. The lowest BCUT2D eigenvalue weighted by atomic mass is 9.89. The maximum absolute atomic E-state index is 2.67. The van der Waals surface area contributed by atoms with Gasteiger partial charge < -0.3 is 9.47 Å². The molecule has 2 nitrogen and oxygen atoms in total. The molecule has 1 aliphatic carbocycles. The second kappa shape index (κ2) is 4.19. The molecule has 2 bridgehead atoms. The number of benzene rings is 2. The average Bonchev–Trinajstić information content (AvgIpc) is 3.14. The summed E-state index contributed by atoms with van der Waals surface area (Å²) in [5, 5.41) is 1.33. The van der Waals surface area contributed by atoms with Crippen LogP contribution < -0.4 is 4.90 Å². The summed E-state index contributed by atoms with van der Waals surface area (Å²) in [6, 6.07) is 20.6. The van der Waals surface area contributed by atoms with Crippen LogP contribution in [-0.4, -0.2) is 10.6 Å². The highest BCUT2D eigenvalue weighted by Gasteiger charge is 2.55. The molecule has 0 spiro atoms. The highest BCUT2D eigenvalue weighted by Crippen LogP contribution is 2.58.